The lowest BCUT2D eigenvalue weighted by Gasteiger charge is -2.41. The van der Waals surface area contributed by atoms with Crippen molar-refractivity contribution in [3.8, 4) is 5.75 Å². The Morgan fingerprint density at radius 1 is 1.25 bits per heavy atom. The summed E-state index contributed by atoms with van der Waals surface area (Å²) in [6.45, 7) is -0.783. The minimum absolute atomic E-state index is 0.0664. The van der Waals surface area contributed by atoms with Crippen LogP contribution in [-0.2, 0) is 11.3 Å². The van der Waals surface area contributed by atoms with Gasteiger partial charge in [0.1, 0.15) is 18.1 Å². The Hall–Kier alpha value is -3.57. The molecule has 0 bridgehead atoms. The van der Waals surface area contributed by atoms with Crippen molar-refractivity contribution in [2.75, 3.05) is 35.3 Å². The van der Waals surface area contributed by atoms with Crippen molar-refractivity contribution in [1.29, 1.82) is 0 Å². The molecule has 3 heterocycles. The van der Waals surface area contributed by atoms with Gasteiger partial charge in [0.05, 0.1) is 19.7 Å². The molecule has 1 fully saturated rings. The van der Waals surface area contributed by atoms with E-state index in [0.29, 0.717) is 30.0 Å². The highest BCUT2D eigenvalue weighted by Crippen LogP contribution is 2.34. The van der Waals surface area contributed by atoms with Crippen molar-refractivity contribution in [3.05, 3.63) is 36.0 Å². The number of fused-ring (bicyclic) bond motifs is 1. The van der Waals surface area contributed by atoms with Gasteiger partial charge in [-0.25, -0.2) is 9.78 Å². The summed E-state index contributed by atoms with van der Waals surface area (Å²) in [6, 6.07) is 6.00. The van der Waals surface area contributed by atoms with Gasteiger partial charge in [0.25, 0.3) is 0 Å². The number of rotatable bonds is 5. The van der Waals surface area contributed by atoms with Gasteiger partial charge in [-0.15, -0.1) is 0 Å². The SMILES string of the molecule is COc1ccc(N2Cc3cnc(NCC(F)(F)F)nc3N(C3CCNC(=O)C3)C2=O)cc1. The average molecular weight is 450 g/mol. The number of ether oxygens (including phenoxy) is 1. The lowest BCUT2D eigenvalue weighted by atomic mass is 10.0. The van der Waals surface area contributed by atoms with E-state index in [0.717, 1.165) is 0 Å². The lowest BCUT2D eigenvalue weighted by molar-refractivity contribution is -0.122. The van der Waals surface area contributed by atoms with Gasteiger partial charge in [-0.2, -0.15) is 18.2 Å². The Morgan fingerprint density at radius 2 is 2.00 bits per heavy atom. The van der Waals surface area contributed by atoms with E-state index in [-0.39, 0.29) is 30.6 Å². The minimum atomic E-state index is -4.44. The zero-order valence-electron chi connectivity index (χ0n) is 17.1. The Bertz CT molecular complexity index is 1010. The van der Waals surface area contributed by atoms with E-state index in [1.807, 2.05) is 0 Å². The quantitative estimate of drug-likeness (QED) is 0.727. The van der Waals surface area contributed by atoms with Crippen LogP contribution < -0.4 is 25.2 Å². The molecule has 12 heteroatoms. The second-order valence-corrected chi connectivity index (χ2v) is 7.44. The monoisotopic (exact) mass is 450 g/mol. The number of aromatic nitrogens is 2. The van der Waals surface area contributed by atoms with Gasteiger partial charge in [0, 0.05) is 30.4 Å². The zero-order valence-corrected chi connectivity index (χ0v) is 17.1. The summed E-state index contributed by atoms with van der Waals surface area (Å²) in [5.41, 5.74) is 1.16. The van der Waals surface area contributed by atoms with E-state index in [9.17, 15) is 22.8 Å². The Kier molecular flexibility index (Phi) is 5.76. The number of alkyl halides is 3. The van der Waals surface area contributed by atoms with E-state index in [4.69, 9.17) is 4.74 Å². The normalized spacial score (nSPS) is 18.8. The number of hydrogen-bond donors (Lipinski definition) is 2. The van der Waals surface area contributed by atoms with Crippen LogP contribution in [0.25, 0.3) is 0 Å². The number of anilines is 3. The molecule has 9 nitrogen and oxygen atoms in total. The van der Waals surface area contributed by atoms with Crippen molar-refractivity contribution >= 4 is 29.4 Å². The fourth-order valence-corrected chi connectivity index (χ4v) is 3.72. The fourth-order valence-electron chi connectivity index (χ4n) is 3.72. The summed E-state index contributed by atoms with van der Waals surface area (Å²) in [4.78, 5) is 36.6. The third-order valence-electron chi connectivity index (χ3n) is 5.25. The van der Waals surface area contributed by atoms with Crippen molar-refractivity contribution in [2.45, 2.75) is 31.6 Å². The summed E-state index contributed by atoms with van der Waals surface area (Å²) in [5, 5.41) is 4.86. The summed E-state index contributed by atoms with van der Waals surface area (Å²) in [7, 11) is 1.54. The van der Waals surface area contributed by atoms with Gasteiger partial charge >= 0.3 is 12.2 Å². The standard InChI is InChI=1S/C20H21F3N6O3/c1-32-15-4-2-13(3-5-15)28-10-12-9-25-18(26-11-20(21,22)23)27-17(12)29(19(28)31)14-6-7-24-16(30)8-14/h2-5,9,14H,6-8,10-11H2,1H3,(H,24,30)(H,25,26,27). The van der Waals surface area contributed by atoms with Gasteiger partial charge < -0.3 is 15.4 Å². The second kappa shape index (κ2) is 8.52. The molecule has 0 aliphatic carbocycles. The van der Waals surface area contributed by atoms with Crippen LogP contribution in [0.1, 0.15) is 18.4 Å². The van der Waals surface area contributed by atoms with E-state index < -0.39 is 24.8 Å². The summed E-state index contributed by atoms with van der Waals surface area (Å²) in [6.07, 6.45) is -2.49. The van der Waals surface area contributed by atoms with Crippen LogP contribution in [0.2, 0.25) is 0 Å². The first-order valence-corrected chi connectivity index (χ1v) is 9.93. The molecule has 0 radical (unpaired) electrons. The number of amides is 3. The van der Waals surface area contributed by atoms with Crippen molar-refractivity contribution in [3.63, 3.8) is 0 Å². The van der Waals surface area contributed by atoms with E-state index >= 15 is 0 Å². The largest absolute Gasteiger partial charge is 0.497 e. The number of methoxy groups -OCH3 is 1. The third-order valence-corrected chi connectivity index (χ3v) is 5.25. The molecular weight excluding hydrogens is 429 g/mol. The number of carbonyl (C=O) groups is 2. The van der Waals surface area contributed by atoms with Crippen LogP contribution in [0.15, 0.2) is 30.5 Å². The summed E-state index contributed by atoms with van der Waals surface area (Å²) >= 11 is 0. The molecule has 2 aliphatic heterocycles. The molecule has 0 spiro atoms. The maximum absolute atomic E-state index is 13.5. The smallest absolute Gasteiger partial charge is 0.405 e. The molecule has 1 aromatic carbocycles. The molecule has 170 valence electrons. The van der Waals surface area contributed by atoms with E-state index in [2.05, 4.69) is 20.6 Å². The number of carbonyl (C=O) groups excluding carboxylic acids is 2. The second-order valence-electron chi connectivity index (χ2n) is 7.44. The molecule has 3 amide bonds. The molecule has 1 unspecified atom stereocenters. The van der Waals surface area contributed by atoms with E-state index in [1.165, 1.54) is 23.1 Å². The number of hydrogen-bond acceptors (Lipinski definition) is 6. The zero-order chi connectivity index (χ0) is 22.9. The summed E-state index contributed by atoms with van der Waals surface area (Å²) in [5.74, 6) is 0.390. The van der Waals surface area contributed by atoms with Crippen LogP contribution in [0.5, 0.6) is 5.75 Å². The first kappa shape index (κ1) is 21.7. The molecule has 32 heavy (non-hydrogen) atoms. The van der Waals surface area contributed by atoms with E-state index in [1.54, 1.807) is 24.3 Å². The van der Waals surface area contributed by atoms with Crippen LogP contribution >= 0.6 is 0 Å². The lowest BCUT2D eigenvalue weighted by Crippen LogP contribution is -2.55. The van der Waals surface area contributed by atoms with Crippen LogP contribution in [0.4, 0.5) is 35.4 Å². The maximum Gasteiger partial charge on any atom is 0.405 e. The molecular formula is C20H21F3N6O3. The van der Waals surface area contributed by atoms with Gasteiger partial charge in [-0.05, 0) is 30.7 Å². The first-order chi connectivity index (χ1) is 15.2. The van der Waals surface area contributed by atoms with Crippen LogP contribution in [-0.4, -0.2) is 54.3 Å². The highest BCUT2D eigenvalue weighted by Gasteiger charge is 2.39. The molecule has 2 N–H and O–H groups in total. The molecule has 1 atom stereocenters. The highest BCUT2D eigenvalue weighted by atomic mass is 19.4. The van der Waals surface area contributed by atoms with Crippen LogP contribution in [0, 0.1) is 0 Å². The number of benzene rings is 1. The molecule has 2 aromatic rings. The minimum Gasteiger partial charge on any atom is -0.497 e. The molecule has 0 saturated carbocycles. The fraction of sp³-hybridized carbons (Fsp3) is 0.400. The third kappa shape index (κ3) is 4.53. The van der Waals surface area contributed by atoms with Gasteiger partial charge in [0.2, 0.25) is 11.9 Å². The number of urea groups is 1. The topological polar surface area (TPSA) is 99.7 Å². The molecule has 1 saturated heterocycles. The number of halogens is 3. The van der Waals surface area contributed by atoms with Gasteiger partial charge in [0.15, 0.2) is 0 Å². The van der Waals surface area contributed by atoms with Crippen LogP contribution in [0.3, 0.4) is 0 Å². The predicted molar refractivity (Wildman–Crippen MR) is 110 cm³/mol. The molecule has 1 aromatic heterocycles. The predicted octanol–water partition coefficient (Wildman–Crippen LogP) is 2.68. The van der Waals surface area contributed by atoms with Crippen molar-refractivity contribution in [1.82, 2.24) is 15.3 Å². The number of piperidine rings is 1. The molecule has 4 rings (SSSR count). The number of nitrogens with zero attached hydrogens (tertiary/aromatic N) is 4. The molecule has 2 aliphatic rings. The van der Waals surface area contributed by atoms with Gasteiger partial charge in [-0.1, -0.05) is 0 Å². The summed E-state index contributed by atoms with van der Waals surface area (Å²) < 4.78 is 43.0. The van der Waals surface area contributed by atoms with Crippen molar-refractivity contribution in [2.24, 2.45) is 0 Å². The van der Waals surface area contributed by atoms with Crippen molar-refractivity contribution < 1.29 is 27.5 Å². The Labute approximate surface area is 181 Å². The Balaban J connectivity index is 1.70. The highest BCUT2D eigenvalue weighted by molar-refractivity contribution is 6.06. The van der Waals surface area contributed by atoms with Gasteiger partial charge in [-0.3, -0.25) is 14.6 Å². The number of nitrogens with one attached hydrogen (secondary N) is 2. The Morgan fingerprint density at radius 3 is 2.66 bits per heavy atom. The first-order valence-electron chi connectivity index (χ1n) is 9.93. The maximum atomic E-state index is 13.5. The average Bonchev–Trinajstić information content (AvgIpc) is 2.77.